The van der Waals surface area contributed by atoms with Gasteiger partial charge in [0, 0.05) is 0 Å². The van der Waals surface area contributed by atoms with Gasteiger partial charge >= 0.3 is 0 Å². The van der Waals surface area contributed by atoms with E-state index in [1.165, 1.54) is 11.1 Å². The van der Waals surface area contributed by atoms with Crippen molar-refractivity contribution in [1.29, 1.82) is 0 Å². The molecule has 0 nitrogen and oxygen atoms in total. The second-order valence-electron chi connectivity index (χ2n) is 2.94. The van der Waals surface area contributed by atoms with Crippen LogP contribution in [0.2, 0.25) is 0 Å². The van der Waals surface area contributed by atoms with Crippen LogP contribution >= 0.6 is 12.6 Å². The standard InChI is InChI=1S/C10H14S/c1-8-5-3-4-6-10(8)9(2)7-11/h3-6,9,11H,7H2,1-2H3. The number of aryl methyl sites for hydroxylation is 1. The fourth-order valence-corrected chi connectivity index (χ4v) is 1.43. The molecule has 0 radical (unpaired) electrons. The van der Waals surface area contributed by atoms with Gasteiger partial charge in [-0.25, -0.2) is 0 Å². The van der Waals surface area contributed by atoms with E-state index in [0.29, 0.717) is 5.92 Å². The van der Waals surface area contributed by atoms with Gasteiger partial charge in [0.25, 0.3) is 0 Å². The first-order valence-corrected chi connectivity index (χ1v) is 4.55. The van der Waals surface area contributed by atoms with Crippen LogP contribution in [0, 0.1) is 6.92 Å². The minimum Gasteiger partial charge on any atom is -0.179 e. The Hall–Kier alpha value is -0.430. The van der Waals surface area contributed by atoms with E-state index in [9.17, 15) is 0 Å². The van der Waals surface area contributed by atoms with E-state index in [2.05, 4.69) is 50.7 Å². The van der Waals surface area contributed by atoms with Gasteiger partial charge in [-0.15, -0.1) is 0 Å². The van der Waals surface area contributed by atoms with Gasteiger partial charge in [0.05, 0.1) is 0 Å². The number of hydrogen-bond acceptors (Lipinski definition) is 1. The Kier molecular flexibility index (Phi) is 3.01. The molecule has 0 aliphatic carbocycles. The maximum Gasteiger partial charge on any atom is -0.00314 e. The van der Waals surface area contributed by atoms with Gasteiger partial charge < -0.3 is 0 Å². The summed E-state index contributed by atoms with van der Waals surface area (Å²) in [7, 11) is 0. The van der Waals surface area contributed by atoms with Crippen LogP contribution in [-0.2, 0) is 0 Å². The summed E-state index contributed by atoms with van der Waals surface area (Å²) in [5.74, 6) is 1.49. The highest BCUT2D eigenvalue weighted by Gasteiger charge is 2.04. The smallest absolute Gasteiger partial charge is 0.00314 e. The van der Waals surface area contributed by atoms with Crippen molar-refractivity contribution in [2.75, 3.05) is 5.75 Å². The Morgan fingerprint density at radius 3 is 2.55 bits per heavy atom. The first kappa shape index (κ1) is 8.66. The van der Waals surface area contributed by atoms with Crippen LogP contribution in [0.15, 0.2) is 24.3 Å². The SMILES string of the molecule is Cc1ccccc1C(C)CS. The van der Waals surface area contributed by atoms with Crippen molar-refractivity contribution in [2.45, 2.75) is 19.8 Å². The molecule has 1 aromatic rings. The monoisotopic (exact) mass is 166 g/mol. The van der Waals surface area contributed by atoms with E-state index in [-0.39, 0.29) is 0 Å². The molecule has 0 amide bonds. The molecule has 60 valence electrons. The quantitative estimate of drug-likeness (QED) is 0.641. The van der Waals surface area contributed by atoms with Gasteiger partial charge in [0.2, 0.25) is 0 Å². The van der Waals surface area contributed by atoms with Crippen molar-refractivity contribution in [2.24, 2.45) is 0 Å². The Balaban J connectivity index is 2.93. The molecule has 0 aliphatic rings. The molecule has 1 aromatic carbocycles. The third kappa shape index (κ3) is 2.00. The van der Waals surface area contributed by atoms with Crippen LogP contribution in [0.3, 0.4) is 0 Å². The summed E-state index contributed by atoms with van der Waals surface area (Å²) in [5.41, 5.74) is 2.79. The molecule has 11 heavy (non-hydrogen) atoms. The summed E-state index contributed by atoms with van der Waals surface area (Å²) >= 11 is 4.27. The molecule has 1 unspecified atom stereocenters. The average molecular weight is 166 g/mol. The zero-order chi connectivity index (χ0) is 8.27. The molecule has 0 bridgehead atoms. The van der Waals surface area contributed by atoms with Crippen LogP contribution in [-0.4, -0.2) is 5.75 Å². The summed E-state index contributed by atoms with van der Waals surface area (Å²) in [4.78, 5) is 0. The fourth-order valence-electron chi connectivity index (χ4n) is 1.24. The highest BCUT2D eigenvalue weighted by atomic mass is 32.1. The summed E-state index contributed by atoms with van der Waals surface area (Å²) in [5, 5.41) is 0. The van der Waals surface area contributed by atoms with Crippen LogP contribution in [0.4, 0.5) is 0 Å². The maximum atomic E-state index is 4.27. The molecule has 1 heteroatoms. The van der Waals surface area contributed by atoms with Crippen LogP contribution < -0.4 is 0 Å². The third-order valence-corrected chi connectivity index (χ3v) is 2.54. The van der Waals surface area contributed by atoms with Gasteiger partial charge in [0.15, 0.2) is 0 Å². The summed E-state index contributed by atoms with van der Waals surface area (Å²) in [6, 6.07) is 8.48. The van der Waals surface area contributed by atoms with E-state index in [4.69, 9.17) is 0 Å². The topological polar surface area (TPSA) is 0 Å². The van der Waals surface area contributed by atoms with Crippen molar-refractivity contribution in [3.8, 4) is 0 Å². The largest absolute Gasteiger partial charge is 0.179 e. The molecule has 0 saturated heterocycles. The molecular weight excluding hydrogens is 152 g/mol. The molecule has 0 spiro atoms. The molecule has 1 rings (SSSR count). The lowest BCUT2D eigenvalue weighted by atomic mass is 9.98. The number of hydrogen-bond donors (Lipinski definition) is 1. The summed E-state index contributed by atoms with van der Waals surface area (Å²) in [6.07, 6.45) is 0. The van der Waals surface area contributed by atoms with Crippen molar-refractivity contribution >= 4 is 12.6 Å². The third-order valence-electron chi connectivity index (χ3n) is 1.99. The van der Waals surface area contributed by atoms with Gasteiger partial charge in [-0.05, 0) is 29.7 Å². The van der Waals surface area contributed by atoms with Gasteiger partial charge in [-0.1, -0.05) is 31.2 Å². The lowest BCUT2D eigenvalue weighted by molar-refractivity contribution is 0.873. The van der Waals surface area contributed by atoms with Crippen LogP contribution in [0.25, 0.3) is 0 Å². The minimum atomic E-state index is 0.569. The average Bonchev–Trinajstić information content (AvgIpc) is 2.04. The van der Waals surface area contributed by atoms with Gasteiger partial charge in [0.1, 0.15) is 0 Å². The van der Waals surface area contributed by atoms with Gasteiger partial charge in [-0.2, -0.15) is 12.6 Å². The highest BCUT2D eigenvalue weighted by molar-refractivity contribution is 7.80. The molecule has 0 saturated carbocycles. The van der Waals surface area contributed by atoms with E-state index in [0.717, 1.165) is 5.75 Å². The van der Waals surface area contributed by atoms with Crippen molar-refractivity contribution in [3.63, 3.8) is 0 Å². The lowest BCUT2D eigenvalue weighted by Gasteiger charge is -2.10. The van der Waals surface area contributed by atoms with Crippen molar-refractivity contribution in [3.05, 3.63) is 35.4 Å². The normalized spacial score (nSPS) is 13.0. The van der Waals surface area contributed by atoms with E-state index in [1.54, 1.807) is 0 Å². The second kappa shape index (κ2) is 3.82. The molecule has 0 fully saturated rings. The molecule has 1 atom stereocenters. The number of rotatable bonds is 2. The first-order chi connectivity index (χ1) is 5.25. The fraction of sp³-hybridized carbons (Fsp3) is 0.400. The Bertz CT molecular complexity index is 230. The maximum absolute atomic E-state index is 4.27. The first-order valence-electron chi connectivity index (χ1n) is 3.92. The van der Waals surface area contributed by atoms with Crippen LogP contribution in [0.5, 0.6) is 0 Å². The Morgan fingerprint density at radius 2 is 2.00 bits per heavy atom. The second-order valence-corrected chi connectivity index (χ2v) is 3.31. The van der Waals surface area contributed by atoms with Gasteiger partial charge in [-0.3, -0.25) is 0 Å². The minimum absolute atomic E-state index is 0.569. The van der Waals surface area contributed by atoms with Crippen LogP contribution in [0.1, 0.15) is 24.0 Å². The number of thiol groups is 1. The Labute approximate surface area is 74.0 Å². The molecular formula is C10H14S. The molecule has 0 aliphatic heterocycles. The van der Waals surface area contributed by atoms with E-state index >= 15 is 0 Å². The van der Waals surface area contributed by atoms with Crippen molar-refractivity contribution < 1.29 is 0 Å². The predicted octanol–water partition coefficient (Wildman–Crippen LogP) is 3.03. The van der Waals surface area contributed by atoms with Crippen molar-refractivity contribution in [1.82, 2.24) is 0 Å². The molecule has 0 heterocycles. The summed E-state index contributed by atoms with van der Waals surface area (Å²) in [6.45, 7) is 4.35. The molecule has 0 N–H and O–H groups in total. The molecule has 0 aromatic heterocycles. The summed E-state index contributed by atoms with van der Waals surface area (Å²) < 4.78 is 0. The zero-order valence-corrected chi connectivity index (χ0v) is 7.94. The van der Waals surface area contributed by atoms with E-state index < -0.39 is 0 Å². The lowest BCUT2D eigenvalue weighted by Crippen LogP contribution is -1.96. The van der Waals surface area contributed by atoms with E-state index in [1.807, 2.05) is 0 Å². The number of benzene rings is 1. The predicted molar refractivity (Wildman–Crippen MR) is 53.4 cm³/mol. The Morgan fingerprint density at radius 1 is 1.36 bits per heavy atom. The zero-order valence-electron chi connectivity index (χ0n) is 7.04. The highest BCUT2D eigenvalue weighted by Crippen LogP contribution is 2.19.